The highest BCUT2D eigenvalue weighted by Gasteiger charge is 2.57. The normalized spacial score (nSPS) is 18.6. The number of anilines is 1. The molecule has 0 spiro atoms. The van der Waals surface area contributed by atoms with E-state index in [0.29, 0.717) is 80.0 Å². The number of amides is 4. The molecule has 6 unspecified atom stereocenters. The number of aliphatic hydroxyl groups is 1. The summed E-state index contributed by atoms with van der Waals surface area (Å²) in [5, 5.41) is 30.9. The van der Waals surface area contributed by atoms with E-state index in [4.69, 9.17) is 4.74 Å². The number of carbonyl (C=O) groups is 4. The highest BCUT2D eigenvalue weighted by molar-refractivity contribution is 5.87. The number of hydrogen-bond donors (Lipinski definition) is 6. The van der Waals surface area contributed by atoms with E-state index in [9.17, 15) is 64.5 Å². The number of rotatable bonds is 19. The van der Waals surface area contributed by atoms with Gasteiger partial charge >= 0.3 is 31.1 Å². The highest BCUT2D eigenvalue weighted by atomic mass is 19.4. The van der Waals surface area contributed by atoms with Gasteiger partial charge in [0, 0.05) is 73.5 Å². The van der Waals surface area contributed by atoms with Crippen LogP contribution in [-0.2, 0) is 32.0 Å². The minimum Gasteiger partial charge on any atom is -0.465 e. The molecule has 2 aromatic carbocycles. The number of ether oxygens (including phenoxy) is 2. The van der Waals surface area contributed by atoms with Crippen LogP contribution in [-0.4, -0.2) is 159 Å². The Bertz CT molecular complexity index is 2890. The molecular formula is C51H57F10N11O8. The van der Waals surface area contributed by atoms with Gasteiger partial charge < -0.3 is 40.5 Å². The molecule has 6 atom stereocenters. The molecule has 3 saturated heterocycles. The van der Waals surface area contributed by atoms with E-state index in [2.05, 4.69) is 46.8 Å². The molecule has 434 valence electrons. The molecule has 4 amide bonds. The zero-order valence-corrected chi connectivity index (χ0v) is 43.5. The molecule has 5 heterocycles. The lowest BCUT2D eigenvalue weighted by atomic mass is 9.82. The number of benzene rings is 2. The van der Waals surface area contributed by atoms with Crippen molar-refractivity contribution in [2.75, 3.05) is 44.9 Å². The van der Waals surface area contributed by atoms with E-state index in [-0.39, 0.29) is 21.4 Å². The molecule has 4 aromatic rings. The molecule has 7 rings (SSSR count). The van der Waals surface area contributed by atoms with E-state index >= 15 is 8.78 Å². The number of carboxylic acid groups (broad SMARTS) is 1. The standard InChI is InChI=1S/C51H57F10N11O8/c1-48(2,50(56,57)58)40(67-47(78)79-5)42(74)65-38(14-28-9-6-27(7-10-28)8-11-29-17-62-45(63-18-29)69-21-32-12-13-33(22-69)72(32)34-25-80-26-34)39(73)24-70(68-43(75)41(66-46(76)77)49(3,4)51(59,60)61)23-35-36(52)15-30(16-37(35)53)31-19-64-71(20-31)44(54)55/h6-7,9-10,15-20,32-34,38-41,44,66,73H,12-14,21-26H2,1-5H3,(H,65,74)(H,67,78)(H,68,75)(H,76,77). The number of hydrazine groups is 1. The minimum absolute atomic E-state index is 0.186. The van der Waals surface area contributed by atoms with Crippen molar-refractivity contribution in [1.82, 2.24) is 51.0 Å². The first-order valence-corrected chi connectivity index (χ1v) is 24.8. The second kappa shape index (κ2) is 24.2. The lowest BCUT2D eigenvalue weighted by Crippen LogP contribution is -2.63. The topological polar surface area (TPSA) is 229 Å². The van der Waals surface area contributed by atoms with Crippen LogP contribution in [0.2, 0.25) is 0 Å². The summed E-state index contributed by atoms with van der Waals surface area (Å²) in [4.78, 5) is 65.8. The Balaban J connectivity index is 1.18. The van der Waals surface area contributed by atoms with Crippen LogP contribution in [0.15, 0.2) is 61.2 Å². The molecule has 29 heteroatoms. The van der Waals surface area contributed by atoms with Crippen LogP contribution in [0.25, 0.3) is 11.1 Å². The van der Waals surface area contributed by atoms with E-state index in [1.165, 1.54) is 29.6 Å². The summed E-state index contributed by atoms with van der Waals surface area (Å²) >= 11 is 0. The average molecular weight is 1140 g/mol. The van der Waals surface area contributed by atoms with Gasteiger partial charge in [0.25, 0.3) is 5.91 Å². The van der Waals surface area contributed by atoms with Crippen LogP contribution < -0.4 is 26.3 Å². The van der Waals surface area contributed by atoms with Crippen LogP contribution in [0.3, 0.4) is 0 Å². The third-order valence-electron chi connectivity index (χ3n) is 14.5. The molecule has 0 aliphatic carbocycles. The molecule has 0 saturated carbocycles. The maximum atomic E-state index is 16.0. The number of nitrogens with zero attached hydrogens (tertiary/aromatic N) is 7. The van der Waals surface area contributed by atoms with Gasteiger partial charge in [0.2, 0.25) is 11.9 Å². The number of aliphatic hydroxyl groups excluding tert-OH is 1. The van der Waals surface area contributed by atoms with Crippen molar-refractivity contribution in [3.8, 4) is 23.0 Å². The molecule has 0 radical (unpaired) electrons. The maximum absolute atomic E-state index is 16.0. The van der Waals surface area contributed by atoms with E-state index < -0.39 is 115 Å². The van der Waals surface area contributed by atoms with Gasteiger partial charge in [0.05, 0.1) is 61.1 Å². The maximum Gasteiger partial charge on any atom is 0.407 e. The van der Waals surface area contributed by atoms with Gasteiger partial charge in [0.1, 0.15) is 23.7 Å². The van der Waals surface area contributed by atoms with Crippen molar-refractivity contribution < 1.29 is 82.8 Å². The first kappa shape index (κ1) is 60.4. The average Bonchev–Trinajstić information content (AvgIpc) is 3.96. The molecule has 3 aliphatic heterocycles. The summed E-state index contributed by atoms with van der Waals surface area (Å²) in [6, 6.07) is 1.47. The summed E-state index contributed by atoms with van der Waals surface area (Å²) in [5.74, 6) is 0.267. The third-order valence-corrected chi connectivity index (χ3v) is 14.5. The van der Waals surface area contributed by atoms with Crippen molar-refractivity contribution in [3.63, 3.8) is 0 Å². The van der Waals surface area contributed by atoms with E-state index in [1.807, 2.05) is 10.7 Å². The lowest BCUT2D eigenvalue weighted by Gasteiger charge is -2.47. The number of carbonyl (C=O) groups excluding carboxylic acids is 3. The number of alkyl carbamates (subject to hydrolysis) is 1. The molecule has 80 heavy (non-hydrogen) atoms. The molecule has 19 nitrogen and oxygen atoms in total. The number of piperazine rings is 1. The van der Waals surface area contributed by atoms with Crippen LogP contribution in [0.5, 0.6) is 0 Å². The van der Waals surface area contributed by atoms with Crippen molar-refractivity contribution >= 4 is 29.9 Å². The van der Waals surface area contributed by atoms with Crippen molar-refractivity contribution in [2.45, 2.75) is 115 Å². The van der Waals surface area contributed by atoms with Crippen LogP contribution in [0.1, 0.15) is 69.3 Å². The Morgan fingerprint density at radius 3 is 1.86 bits per heavy atom. The number of methoxy groups -OCH3 is 1. The fourth-order valence-electron chi connectivity index (χ4n) is 9.51. The number of aromatic nitrogens is 4. The van der Waals surface area contributed by atoms with Gasteiger partial charge in [0.15, 0.2) is 0 Å². The number of alkyl halides is 8. The summed E-state index contributed by atoms with van der Waals surface area (Å²) < 4.78 is 155. The fraction of sp³-hybridized carbons (Fsp3) is 0.510. The summed E-state index contributed by atoms with van der Waals surface area (Å²) in [7, 11) is 0.809. The number of hydrogen-bond acceptors (Lipinski definition) is 13. The first-order valence-electron chi connectivity index (χ1n) is 24.8. The Morgan fingerprint density at radius 1 is 0.800 bits per heavy atom. The van der Waals surface area contributed by atoms with E-state index in [0.717, 1.165) is 58.6 Å². The molecule has 3 fully saturated rings. The Hall–Kier alpha value is -7.29. The van der Waals surface area contributed by atoms with Gasteiger partial charge in [-0.3, -0.25) is 19.9 Å². The Morgan fingerprint density at radius 2 is 1.36 bits per heavy atom. The third kappa shape index (κ3) is 13.8. The van der Waals surface area contributed by atoms with Crippen LogP contribution in [0.4, 0.5) is 59.4 Å². The predicted molar refractivity (Wildman–Crippen MR) is 263 cm³/mol. The smallest absolute Gasteiger partial charge is 0.407 e. The van der Waals surface area contributed by atoms with Gasteiger partial charge in [-0.1, -0.05) is 24.0 Å². The summed E-state index contributed by atoms with van der Waals surface area (Å²) in [6.07, 6.45) is -9.81. The van der Waals surface area contributed by atoms with Gasteiger partial charge in [-0.2, -0.15) is 40.2 Å². The molecular weight excluding hydrogens is 1080 g/mol. The van der Waals surface area contributed by atoms with Gasteiger partial charge in [-0.05, 0) is 82.3 Å². The Kier molecular flexibility index (Phi) is 18.3. The van der Waals surface area contributed by atoms with E-state index in [1.54, 1.807) is 12.4 Å². The summed E-state index contributed by atoms with van der Waals surface area (Å²) in [6.45, 7) is -0.379. The van der Waals surface area contributed by atoms with Gasteiger partial charge in [-0.15, -0.1) is 0 Å². The number of halogens is 10. The van der Waals surface area contributed by atoms with Crippen molar-refractivity contribution in [2.24, 2.45) is 10.8 Å². The zero-order chi connectivity index (χ0) is 58.6. The SMILES string of the molecule is COC(=O)NC(C(=O)NC(Cc1ccc(C#Cc2cnc(N3CC4CCC(C3)N4C3COC3)nc2)cc1)C(O)CN(Cc1c(F)cc(-c2cnn(C(F)F)c2)cc1F)NC(=O)C(NC(=O)O)C(C)(C)C(F)(F)F)C(C)(C)C(F)(F)F. The lowest BCUT2D eigenvalue weighted by molar-refractivity contribution is -0.221. The Labute approximate surface area is 451 Å². The molecule has 6 N–H and O–H groups in total. The highest BCUT2D eigenvalue weighted by Crippen LogP contribution is 2.42. The second-order valence-corrected chi connectivity index (χ2v) is 20.7. The minimum atomic E-state index is -5.29. The fourth-order valence-corrected chi connectivity index (χ4v) is 9.51. The molecule has 2 aromatic heterocycles. The zero-order valence-electron chi connectivity index (χ0n) is 43.5. The number of nitrogens with one attached hydrogen (secondary N) is 4. The summed E-state index contributed by atoms with van der Waals surface area (Å²) in [5.41, 5.74) is -4.64. The van der Waals surface area contributed by atoms with Crippen LogP contribution in [0, 0.1) is 34.3 Å². The largest absolute Gasteiger partial charge is 0.465 e. The van der Waals surface area contributed by atoms with Gasteiger partial charge in [-0.25, -0.2) is 38.0 Å². The second-order valence-electron chi connectivity index (χ2n) is 20.7. The first-order chi connectivity index (χ1) is 37.5. The van der Waals surface area contributed by atoms with Crippen molar-refractivity contribution in [3.05, 3.63) is 95.1 Å². The molecule has 2 bridgehead atoms. The van der Waals surface area contributed by atoms with Crippen molar-refractivity contribution in [1.29, 1.82) is 0 Å². The monoisotopic (exact) mass is 1140 g/mol. The molecule has 3 aliphatic rings. The number of fused-ring (bicyclic) bond motifs is 2. The predicted octanol–water partition coefficient (Wildman–Crippen LogP) is 5.92. The quantitative estimate of drug-likeness (QED) is 0.0364. The van der Waals surface area contributed by atoms with Crippen LogP contribution >= 0.6 is 0 Å².